The molecule has 0 radical (unpaired) electrons. The van der Waals surface area contributed by atoms with Crippen LogP contribution in [0.2, 0.25) is 0 Å². The van der Waals surface area contributed by atoms with E-state index in [-0.39, 0.29) is 18.1 Å². The van der Waals surface area contributed by atoms with Gasteiger partial charge >= 0.3 is 0 Å². The van der Waals surface area contributed by atoms with Crippen LogP contribution in [-0.4, -0.2) is 23.2 Å². The van der Waals surface area contributed by atoms with Gasteiger partial charge in [0.15, 0.2) is 0 Å². The molecule has 0 aromatic carbocycles. The highest BCUT2D eigenvalue weighted by Gasteiger charge is 2.29. The molecule has 1 saturated carbocycles. The SMILES string of the molecule is O=C(NC1CC(O)C1)c1cc2c(s1)CCCCCC2. The van der Waals surface area contributed by atoms with Crippen LogP contribution in [0.5, 0.6) is 0 Å². The van der Waals surface area contributed by atoms with Crippen molar-refractivity contribution in [2.75, 3.05) is 0 Å². The van der Waals surface area contributed by atoms with Gasteiger partial charge in [0.1, 0.15) is 0 Å². The molecule has 0 unspecified atom stereocenters. The Morgan fingerprint density at radius 2 is 1.95 bits per heavy atom. The number of nitrogens with one attached hydrogen (secondary N) is 1. The first-order chi connectivity index (χ1) is 9.22. The lowest BCUT2D eigenvalue weighted by Gasteiger charge is -2.31. The predicted octanol–water partition coefficient (Wildman–Crippen LogP) is 2.66. The first-order valence-electron chi connectivity index (χ1n) is 7.33. The molecular weight excluding hydrogens is 258 g/mol. The fraction of sp³-hybridized carbons (Fsp3) is 0.667. The van der Waals surface area contributed by atoms with Crippen molar-refractivity contribution in [2.24, 2.45) is 0 Å². The summed E-state index contributed by atoms with van der Waals surface area (Å²) in [6.07, 6.45) is 8.59. The van der Waals surface area contributed by atoms with E-state index in [1.54, 1.807) is 11.3 Å². The van der Waals surface area contributed by atoms with Crippen LogP contribution < -0.4 is 5.32 Å². The lowest BCUT2D eigenvalue weighted by molar-refractivity contribution is 0.0564. The molecule has 104 valence electrons. The van der Waals surface area contributed by atoms with Gasteiger partial charge in [0.25, 0.3) is 5.91 Å². The van der Waals surface area contributed by atoms with Gasteiger partial charge in [-0.3, -0.25) is 4.79 Å². The molecule has 1 heterocycles. The maximum absolute atomic E-state index is 12.2. The van der Waals surface area contributed by atoms with Gasteiger partial charge in [0.2, 0.25) is 0 Å². The van der Waals surface area contributed by atoms with Crippen molar-refractivity contribution in [3.05, 3.63) is 21.4 Å². The minimum Gasteiger partial charge on any atom is -0.393 e. The van der Waals surface area contributed by atoms with Crippen molar-refractivity contribution in [3.63, 3.8) is 0 Å². The van der Waals surface area contributed by atoms with E-state index in [0.717, 1.165) is 17.7 Å². The third kappa shape index (κ3) is 3.00. The van der Waals surface area contributed by atoms with Crippen LogP contribution in [0.1, 0.15) is 58.6 Å². The molecule has 19 heavy (non-hydrogen) atoms. The van der Waals surface area contributed by atoms with Crippen molar-refractivity contribution in [2.45, 2.75) is 63.5 Å². The second-order valence-corrected chi connectivity index (χ2v) is 6.91. The second kappa shape index (κ2) is 5.63. The summed E-state index contributed by atoms with van der Waals surface area (Å²) in [5, 5.41) is 12.3. The lowest BCUT2D eigenvalue weighted by atomic mass is 9.89. The molecule has 0 saturated heterocycles. The summed E-state index contributed by atoms with van der Waals surface area (Å²) in [4.78, 5) is 14.4. The van der Waals surface area contributed by atoms with E-state index in [9.17, 15) is 9.90 Å². The average Bonchev–Trinajstić information content (AvgIpc) is 2.70. The predicted molar refractivity (Wildman–Crippen MR) is 76.7 cm³/mol. The molecule has 2 aliphatic rings. The fourth-order valence-electron chi connectivity index (χ4n) is 2.92. The van der Waals surface area contributed by atoms with E-state index >= 15 is 0 Å². The molecule has 2 aliphatic carbocycles. The first kappa shape index (κ1) is 13.1. The Morgan fingerprint density at radius 3 is 2.68 bits per heavy atom. The number of thiophene rings is 1. The Morgan fingerprint density at radius 1 is 1.21 bits per heavy atom. The Bertz CT molecular complexity index is 437. The largest absolute Gasteiger partial charge is 0.393 e. The number of carbonyl (C=O) groups is 1. The zero-order valence-corrected chi connectivity index (χ0v) is 12.0. The zero-order valence-electron chi connectivity index (χ0n) is 11.2. The van der Waals surface area contributed by atoms with Gasteiger partial charge in [-0.2, -0.15) is 0 Å². The summed E-state index contributed by atoms with van der Waals surface area (Å²) >= 11 is 1.67. The van der Waals surface area contributed by atoms with E-state index in [1.807, 2.05) is 0 Å². The van der Waals surface area contributed by atoms with Gasteiger partial charge in [0, 0.05) is 10.9 Å². The topological polar surface area (TPSA) is 49.3 Å². The summed E-state index contributed by atoms with van der Waals surface area (Å²) in [5.74, 6) is 0.0497. The highest BCUT2D eigenvalue weighted by molar-refractivity contribution is 7.14. The van der Waals surface area contributed by atoms with Crippen LogP contribution in [0.25, 0.3) is 0 Å². The smallest absolute Gasteiger partial charge is 0.261 e. The van der Waals surface area contributed by atoms with Crippen molar-refractivity contribution in [3.8, 4) is 0 Å². The number of rotatable bonds is 2. The number of aryl methyl sites for hydroxylation is 2. The molecule has 1 amide bonds. The van der Waals surface area contributed by atoms with Crippen LogP contribution in [0.3, 0.4) is 0 Å². The summed E-state index contributed by atoms with van der Waals surface area (Å²) < 4.78 is 0. The molecule has 2 N–H and O–H groups in total. The van der Waals surface area contributed by atoms with Gasteiger partial charge in [-0.25, -0.2) is 0 Å². The quantitative estimate of drug-likeness (QED) is 0.874. The van der Waals surface area contributed by atoms with Crippen molar-refractivity contribution < 1.29 is 9.90 Å². The Labute approximate surface area is 118 Å². The first-order valence-corrected chi connectivity index (χ1v) is 8.14. The molecule has 0 aliphatic heterocycles. The number of aliphatic hydroxyl groups excluding tert-OH is 1. The van der Waals surface area contributed by atoms with E-state index in [2.05, 4.69) is 11.4 Å². The van der Waals surface area contributed by atoms with Crippen molar-refractivity contribution in [1.82, 2.24) is 5.32 Å². The Hall–Kier alpha value is -0.870. The summed E-state index contributed by atoms with van der Waals surface area (Å²) in [7, 11) is 0. The Kier molecular flexibility index (Phi) is 3.89. The molecule has 3 nitrogen and oxygen atoms in total. The molecular formula is C15H21NO2S. The average molecular weight is 279 g/mol. The third-order valence-corrected chi connectivity index (χ3v) is 5.40. The van der Waals surface area contributed by atoms with E-state index in [4.69, 9.17) is 0 Å². The summed E-state index contributed by atoms with van der Waals surface area (Å²) in [6, 6.07) is 2.27. The maximum atomic E-state index is 12.2. The van der Waals surface area contributed by atoms with Crippen LogP contribution in [-0.2, 0) is 12.8 Å². The van der Waals surface area contributed by atoms with Crippen LogP contribution in [0, 0.1) is 0 Å². The molecule has 1 fully saturated rings. The third-order valence-electron chi connectivity index (χ3n) is 4.17. The highest BCUT2D eigenvalue weighted by Crippen LogP contribution is 2.29. The molecule has 1 aromatic heterocycles. The number of amides is 1. The maximum Gasteiger partial charge on any atom is 0.261 e. The molecule has 0 bridgehead atoms. The van der Waals surface area contributed by atoms with Gasteiger partial charge in [-0.15, -0.1) is 11.3 Å². The zero-order chi connectivity index (χ0) is 13.2. The summed E-state index contributed by atoms with van der Waals surface area (Å²) in [6.45, 7) is 0. The standard InChI is InChI=1S/C15H21NO2S/c17-12-8-11(9-12)16-15(18)14-7-10-5-3-1-2-4-6-13(10)19-14/h7,11-12,17H,1-6,8-9H2,(H,16,18). The number of carbonyl (C=O) groups excluding carboxylic acids is 1. The normalized spacial score (nSPS) is 26.8. The molecule has 1 aromatic rings. The minimum absolute atomic E-state index is 0.0497. The minimum atomic E-state index is -0.214. The van der Waals surface area contributed by atoms with Crippen LogP contribution >= 0.6 is 11.3 Å². The van der Waals surface area contributed by atoms with E-state index < -0.39 is 0 Å². The monoisotopic (exact) mass is 279 g/mol. The molecule has 4 heteroatoms. The summed E-state index contributed by atoms with van der Waals surface area (Å²) in [5.41, 5.74) is 1.39. The van der Waals surface area contributed by atoms with Gasteiger partial charge in [0.05, 0.1) is 11.0 Å². The number of aliphatic hydroxyl groups is 1. The Balaban J connectivity index is 1.67. The van der Waals surface area contributed by atoms with E-state index in [1.165, 1.54) is 36.1 Å². The van der Waals surface area contributed by atoms with Gasteiger partial charge in [-0.1, -0.05) is 12.8 Å². The molecule has 0 atom stereocenters. The van der Waals surface area contributed by atoms with E-state index in [0.29, 0.717) is 12.8 Å². The molecule has 0 spiro atoms. The van der Waals surface area contributed by atoms with Crippen molar-refractivity contribution >= 4 is 17.2 Å². The van der Waals surface area contributed by atoms with Crippen LogP contribution in [0.4, 0.5) is 0 Å². The number of hydrogen-bond acceptors (Lipinski definition) is 3. The molecule has 3 rings (SSSR count). The van der Waals surface area contributed by atoms with Gasteiger partial charge < -0.3 is 10.4 Å². The lowest BCUT2D eigenvalue weighted by Crippen LogP contribution is -2.46. The van der Waals surface area contributed by atoms with Gasteiger partial charge in [-0.05, 0) is 50.2 Å². The number of hydrogen-bond donors (Lipinski definition) is 2. The van der Waals surface area contributed by atoms with Crippen LogP contribution in [0.15, 0.2) is 6.07 Å². The fourth-order valence-corrected chi connectivity index (χ4v) is 4.08. The number of fused-ring (bicyclic) bond motifs is 1. The highest BCUT2D eigenvalue weighted by atomic mass is 32.1. The second-order valence-electron chi connectivity index (χ2n) is 5.77. The van der Waals surface area contributed by atoms with Crippen molar-refractivity contribution in [1.29, 1.82) is 0 Å².